The predicted octanol–water partition coefficient (Wildman–Crippen LogP) is 3.41. The minimum absolute atomic E-state index is 0.142. The Balaban J connectivity index is 0. The van der Waals surface area contributed by atoms with Crippen molar-refractivity contribution in [2.24, 2.45) is 0 Å². The van der Waals surface area contributed by atoms with Gasteiger partial charge >= 0.3 is 8.60 Å². The van der Waals surface area contributed by atoms with Gasteiger partial charge in [0.1, 0.15) is 0 Å². The molecule has 0 aromatic rings. The zero-order chi connectivity index (χ0) is 14.7. The normalized spacial score (nSPS) is 10.8. The fraction of sp³-hybridized carbons (Fsp3) is 0.909. The van der Waals surface area contributed by atoms with E-state index in [2.05, 4.69) is 12.6 Å². The van der Waals surface area contributed by atoms with Gasteiger partial charge in [0.2, 0.25) is 13.7 Å². The van der Waals surface area contributed by atoms with Gasteiger partial charge in [-0.15, -0.1) is 0 Å². The van der Waals surface area contributed by atoms with Crippen LogP contribution in [-0.4, -0.2) is 39.1 Å². The lowest BCUT2D eigenvalue weighted by Gasteiger charge is -2.22. The number of rotatable bonds is 6. The summed E-state index contributed by atoms with van der Waals surface area (Å²) in [7, 11) is 4.48. The molecule has 0 heterocycles. The zero-order valence-corrected chi connectivity index (χ0v) is 13.2. The molecule has 2 radical (unpaired) electrons. The van der Waals surface area contributed by atoms with Gasteiger partial charge in [-0.3, -0.25) is 4.79 Å². The number of carbonyl (C=O) groups is 1. The highest BCUT2D eigenvalue weighted by Gasteiger charge is 2.17. The van der Waals surface area contributed by atoms with Gasteiger partial charge in [-0.1, -0.05) is 0 Å². The third kappa shape index (κ3) is 18.2. The molecular weight excluding hydrogens is 254 g/mol. The Labute approximate surface area is 113 Å². The van der Waals surface area contributed by atoms with Crippen molar-refractivity contribution in [3.8, 4) is 0 Å². The monoisotopic (exact) mass is 278 g/mol. The molecule has 106 valence electrons. The maximum Gasteiger partial charge on any atom is 0.333 e. The summed E-state index contributed by atoms with van der Waals surface area (Å²) in [6, 6.07) is 0. The predicted molar refractivity (Wildman–Crippen MR) is 73.7 cm³/mol. The van der Waals surface area contributed by atoms with Crippen LogP contribution in [0.3, 0.4) is 0 Å². The second kappa shape index (κ2) is 11.9. The molecule has 18 heavy (non-hydrogen) atoms. The van der Waals surface area contributed by atoms with Crippen molar-refractivity contribution >= 4 is 22.3 Å². The van der Waals surface area contributed by atoms with Crippen molar-refractivity contribution < 1.29 is 23.1 Å². The molecule has 0 aliphatic rings. The van der Waals surface area contributed by atoms with E-state index in [0.717, 1.165) is 0 Å². The van der Waals surface area contributed by atoms with Crippen molar-refractivity contribution in [2.75, 3.05) is 7.11 Å². The van der Waals surface area contributed by atoms with Crippen LogP contribution < -0.4 is 0 Å². The summed E-state index contributed by atoms with van der Waals surface area (Å²) in [5, 5.41) is 0. The average Bonchev–Trinajstić information content (AvgIpc) is 2.14. The molecule has 0 bridgehead atoms. The Hall–Kier alpha value is -0.155. The summed E-state index contributed by atoms with van der Waals surface area (Å²) in [5.74, 6) is -0.745. The molecule has 0 amide bonds. The van der Waals surface area contributed by atoms with Gasteiger partial charge < -0.3 is 18.3 Å². The lowest BCUT2D eigenvalue weighted by atomic mass is 10.2. The van der Waals surface area contributed by atoms with E-state index in [1.54, 1.807) is 0 Å². The van der Waals surface area contributed by atoms with Crippen LogP contribution in [0, 0.1) is 0 Å². The van der Waals surface area contributed by atoms with Gasteiger partial charge in [0, 0.05) is 0 Å². The highest BCUT2D eigenvalue weighted by atomic mass is 31.2. The van der Waals surface area contributed by atoms with Crippen LogP contribution in [0.5, 0.6) is 0 Å². The number of carbonyl (C=O) groups excluding carboxylic acids is 1. The third-order valence-electron chi connectivity index (χ3n) is 1.09. The number of hydrogen-bond acceptors (Lipinski definition) is 5. The topological polar surface area (TPSA) is 54.0 Å². The molecular formula is C11H24BO5P. The van der Waals surface area contributed by atoms with Gasteiger partial charge in [-0.05, 0) is 41.5 Å². The van der Waals surface area contributed by atoms with Crippen LogP contribution in [0.25, 0.3) is 0 Å². The van der Waals surface area contributed by atoms with E-state index in [1.807, 2.05) is 41.5 Å². The third-order valence-corrected chi connectivity index (χ3v) is 2.87. The molecule has 0 unspecified atom stereocenters. The summed E-state index contributed by atoms with van der Waals surface area (Å²) >= 11 is 0. The first-order valence-corrected chi connectivity index (χ1v) is 6.92. The minimum Gasteiger partial charge on any atom is -0.478 e. The van der Waals surface area contributed by atoms with Gasteiger partial charge in [0.15, 0.2) is 0 Å². The van der Waals surface area contributed by atoms with Gasteiger partial charge in [-0.25, -0.2) is 0 Å². The molecule has 5 nitrogen and oxygen atoms in total. The van der Waals surface area contributed by atoms with Crippen molar-refractivity contribution in [3.05, 3.63) is 0 Å². The molecule has 0 atom stereocenters. The standard InChI is InChI=1S/C9H21O3P.C2H3BO2/c1-7(2)10-13(11-8(3)4)12-9(5)6;1-5-2(3)4/h7-9H,1-6H3;1H3. The molecule has 0 aromatic carbocycles. The summed E-state index contributed by atoms with van der Waals surface area (Å²) in [6.45, 7) is 11.8. The van der Waals surface area contributed by atoms with Crippen molar-refractivity contribution in [3.63, 3.8) is 0 Å². The molecule has 0 saturated heterocycles. The van der Waals surface area contributed by atoms with Crippen LogP contribution in [0.1, 0.15) is 41.5 Å². The van der Waals surface area contributed by atoms with Gasteiger partial charge in [-0.2, -0.15) is 0 Å². The van der Waals surface area contributed by atoms with E-state index in [-0.39, 0.29) is 18.3 Å². The summed E-state index contributed by atoms with van der Waals surface area (Å²) in [5.41, 5.74) is 0. The fourth-order valence-corrected chi connectivity index (χ4v) is 1.77. The van der Waals surface area contributed by atoms with Crippen LogP contribution in [0.4, 0.5) is 4.79 Å². The van der Waals surface area contributed by atoms with Gasteiger partial charge in [0.25, 0.3) is 0 Å². The first-order valence-electron chi connectivity index (χ1n) is 5.82. The van der Waals surface area contributed by atoms with E-state index in [4.69, 9.17) is 13.6 Å². The van der Waals surface area contributed by atoms with E-state index in [1.165, 1.54) is 7.11 Å². The SMILES string of the molecule is CC(C)OP(OC(C)C)OC(C)C.[B]C(=O)OC. The van der Waals surface area contributed by atoms with Crippen molar-refractivity contribution in [1.82, 2.24) is 0 Å². The molecule has 0 rings (SSSR count). The highest BCUT2D eigenvalue weighted by molar-refractivity contribution is 7.41. The molecule has 0 saturated carbocycles. The van der Waals surface area contributed by atoms with Crippen molar-refractivity contribution in [2.45, 2.75) is 59.9 Å². The molecule has 0 fully saturated rings. The Morgan fingerprint density at radius 1 is 0.889 bits per heavy atom. The lowest BCUT2D eigenvalue weighted by molar-refractivity contribution is 0.0945. The second-order valence-corrected chi connectivity index (χ2v) is 5.29. The smallest absolute Gasteiger partial charge is 0.333 e. The molecule has 0 aliphatic carbocycles. The minimum atomic E-state index is -1.18. The van der Waals surface area contributed by atoms with Crippen molar-refractivity contribution in [1.29, 1.82) is 0 Å². The van der Waals surface area contributed by atoms with E-state index < -0.39 is 14.5 Å². The van der Waals surface area contributed by atoms with E-state index in [9.17, 15) is 4.79 Å². The quantitative estimate of drug-likeness (QED) is 0.550. The number of ether oxygens (including phenoxy) is 1. The van der Waals surface area contributed by atoms with Crippen LogP contribution >= 0.6 is 8.60 Å². The summed E-state index contributed by atoms with van der Waals surface area (Å²) < 4.78 is 20.4. The summed E-state index contributed by atoms with van der Waals surface area (Å²) in [4.78, 5) is 9.37. The fourth-order valence-electron chi connectivity index (χ4n) is 0.591. The zero-order valence-electron chi connectivity index (χ0n) is 12.3. The van der Waals surface area contributed by atoms with E-state index >= 15 is 0 Å². The van der Waals surface area contributed by atoms with Crippen LogP contribution in [-0.2, 0) is 18.3 Å². The summed E-state index contributed by atoms with van der Waals surface area (Å²) in [6.07, 6.45) is 0.427. The van der Waals surface area contributed by atoms with Crippen LogP contribution in [0.15, 0.2) is 0 Å². The Kier molecular flexibility index (Phi) is 13.3. The number of methoxy groups -OCH3 is 1. The lowest BCUT2D eigenvalue weighted by Crippen LogP contribution is -2.09. The maximum absolute atomic E-state index is 9.37. The molecule has 0 N–H and O–H groups in total. The molecule has 0 spiro atoms. The number of hydrogen-bond donors (Lipinski definition) is 0. The first-order chi connectivity index (χ1) is 8.18. The highest BCUT2D eigenvalue weighted by Crippen LogP contribution is 2.43. The van der Waals surface area contributed by atoms with E-state index in [0.29, 0.717) is 0 Å². The van der Waals surface area contributed by atoms with Crippen LogP contribution in [0.2, 0.25) is 0 Å². The second-order valence-electron chi connectivity index (χ2n) is 4.21. The molecule has 0 aliphatic heterocycles. The molecule has 7 heteroatoms. The Morgan fingerprint density at radius 2 is 1.11 bits per heavy atom. The average molecular weight is 278 g/mol. The van der Waals surface area contributed by atoms with Gasteiger partial charge in [0.05, 0.1) is 25.4 Å². The Morgan fingerprint density at radius 3 is 1.22 bits per heavy atom. The Bertz CT molecular complexity index is 188. The molecule has 0 aromatic heterocycles. The first kappa shape index (κ1) is 20.2. The largest absolute Gasteiger partial charge is 0.478 e. The maximum atomic E-state index is 9.37.